The van der Waals surface area contributed by atoms with E-state index in [1.54, 1.807) is 12.1 Å². The Hall–Kier alpha value is -1.09. The Labute approximate surface area is 109 Å². The molecule has 1 aliphatic carbocycles. The van der Waals surface area contributed by atoms with E-state index in [0.29, 0.717) is 0 Å². The lowest BCUT2D eigenvalue weighted by molar-refractivity contribution is 0.578. The van der Waals surface area contributed by atoms with Crippen molar-refractivity contribution in [3.05, 3.63) is 29.6 Å². The van der Waals surface area contributed by atoms with Crippen molar-refractivity contribution >= 4 is 5.69 Å². The van der Waals surface area contributed by atoms with Crippen molar-refractivity contribution in [2.75, 3.05) is 25.0 Å². The Morgan fingerprint density at radius 3 is 2.78 bits per heavy atom. The minimum Gasteiger partial charge on any atom is -0.372 e. The van der Waals surface area contributed by atoms with Gasteiger partial charge in [-0.25, -0.2) is 4.39 Å². The molecule has 1 atom stereocenters. The maximum Gasteiger partial charge on any atom is 0.146 e. The van der Waals surface area contributed by atoms with Gasteiger partial charge in [-0.2, -0.15) is 0 Å². The molecule has 1 fully saturated rings. The van der Waals surface area contributed by atoms with Crippen LogP contribution in [0.4, 0.5) is 10.1 Å². The average Bonchev–Trinajstić information content (AvgIpc) is 3.12. The fourth-order valence-electron chi connectivity index (χ4n) is 2.48. The van der Waals surface area contributed by atoms with Crippen LogP contribution in [0.5, 0.6) is 0 Å². The third-order valence-corrected chi connectivity index (χ3v) is 3.61. The van der Waals surface area contributed by atoms with Gasteiger partial charge in [0.1, 0.15) is 5.82 Å². The monoisotopic (exact) mass is 250 g/mol. The fraction of sp³-hybridized carbons (Fsp3) is 0.600. The summed E-state index contributed by atoms with van der Waals surface area (Å²) in [6, 6.07) is 5.56. The summed E-state index contributed by atoms with van der Waals surface area (Å²) in [5, 5.41) is 3.36. The predicted octanol–water partition coefficient (Wildman–Crippen LogP) is 3.34. The second kappa shape index (κ2) is 5.70. The van der Waals surface area contributed by atoms with Crippen LogP contribution in [0.2, 0.25) is 0 Å². The summed E-state index contributed by atoms with van der Waals surface area (Å²) in [7, 11) is 2.00. The number of halogens is 1. The van der Waals surface area contributed by atoms with Crippen LogP contribution in [0, 0.1) is 11.7 Å². The van der Waals surface area contributed by atoms with Crippen molar-refractivity contribution < 1.29 is 4.39 Å². The van der Waals surface area contributed by atoms with Crippen LogP contribution < -0.4 is 10.2 Å². The normalized spacial score (nSPS) is 16.7. The third kappa shape index (κ3) is 3.02. The van der Waals surface area contributed by atoms with Crippen molar-refractivity contribution in [2.24, 2.45) is 5.92 Å². The summed E-state index contributed by atoms with van der Waals surface area (Å²) in [6.07, 6.45) is 2.58. The Bertz CT molecular complexity index is 401. The van der Waals surface area contributed by atoms with Gasteiger partial charge in [0.25, 0.3) is 0 Å². The van der Waals surface area contributed by atoms with Gasteiger partial charge in [0, 0.05) is 19.6 Å². The van der Waals surface area contributed by atoms with Gasteiger partial charge in [-0.05, 0) is 43.9 Å². The molecule has 1 unspecified atom stereocenters. The summed E-state index contributed by atoms with van der Waals surface area (Å²) in [6.45, 7) is 6.02. The lowest BCUT2D eigenvalue weighted by Crippen LogP contribution is -2.26. The number of para-hydroxylation sites is 1. The van der Waals surface area contributed by atoms with Gasteiger partial charge in [0.15, 0.2) is 0 Å². The summed E-state index contributed by atoms with van der Waals surface area (Å²) >= 11 is 0. The largest absolute Gasteiger partial charge is 0.372 e. The van der Waals surface area contributed by atoms with Crippen LogP contribution in [0.25, 0.3) is 0 Å². The van der Waals surface area contributed by atoms with E-state index in [4.69, 9.17) is 0 Å². The molecule has 0 aliphatic heterocycles. The quantitative estimate of drug-likeness (QED) is 0.833. The molecule has 1 N–H and O–H groups in total. The molecule has 2 rings (SSSR count). The van der Waals surface area contributed by atoms with Gasteiger partial charge in [-0.1, -0.05) is 19.1 Å². The number of nitrogens with one attached hydrogen (secondary N) is 1. The zero-order valence-corrected chi connectivity index (χ0v) is 11.5. The smallest absolute Gasteiger partial charge is 0.146 e. The molecule has 0 saturated heterocycles. The van der Waals surface area contributed by atoms with E-state index < -0.39 is 0 Å². The van der Waals surface area contributed by atoms with Gasteiger partial charge in [-0.15, -0.1) is 0 Å². The van der Waals surface area contributed by atoms with Crippen LogP contribution in [-0.2, 0) is 0 Å². The first kappa shape index (κ1) is 13.3. The van der Waals surface area contributed by atoms with Crippen molar-refractivity contribution in [1.29, 1.82) is 0 Å². The van der Waals surface area contributed by atoms with E-state index in [9.17, 15) is 4.39 Å². The zero-order chi connectivity index (χ0) is 13.1. The number of rotatable bonds is 6. The predicted molar refractivity (Wildman–Crippen MR) is 74.5 cm³/mol. The second-order valence-corrected chi connectivity index (χ2v) is 5.28. The minimum absolute atomic E-state index is 0.111. The molecule has 0 aromatic heterocycles. The molecule has 1 aromatic rings. The van der Waals surface area contributed by atoms with Crippen molar-refractivity contribution in [2.45, 2.75) is 32.7 Å². The maximum absolute atomic E-state index is 14.1. The van der Waals surface area contributed by atoms with Crippen molar-refractivity contribution in [3.8, 4) is 0 Å². The molecule has 0 amide bonds. The van der Waals surface area contributed by atoms with Gasteiger partial charge in [0.05, 0.1) is 5.69 Å². The molecule has 1 saturated carbocycles. The number of hydrogen-bond acceptors (Lipinski definition) is 2. The average molecular weight is 250 g/mol. The number of anilines is 1. The first-order valence-corrected chi connectivity index (χ1v) is 6.86. The molecule has 18 heavy (non-hydrogen) atoms. The molecule has 0 heterocycles. The molecule has 2 nitrogen and oxygen atoms in total. The van der Waals surface area contributed by atoms with Crippen LogP contribution in [-0.4, -0.2) is 20.1 Å². The van der Waals surface area contributed by atoms with E-state index in [2.05, 4.69) is 24.1 Å². The van der Waals surface area contributed by atoms with E-state index >= 15 is 0 Å². The number of hydrogen-bond donors (Lipinski definition) is 1. The molecular weight excluding hydrogens is 227 g/mol. The van der Waals surface area contributed by atoms with Crippen LogP contribution >= 0.6 is 0 Å². The highest BCUT2D eigenvalue weighted by Gasteiger charge is 2.25. The van der Waals surface area contributed by atoms with E-state index in [1.807, 2.05) is 13.1 Å². The highest BCUT2D eigenvalue weighted by Crippen LogP contribution is 2.34. The molecule has 3 heteroatoms. The zero-order valence-electron chi connectivity index (χ0n) is 11.5. The van der Waals surface area contributed by atoms with Crippen LogP contribution in [0.1, 0.15) is 38.3 Å². The van der Waals surface area contributed by atoms with E-state index in [-0.39, 0.29) is 11.9 Å². The summed E-state index contributed by atoms with van der Waals surface area (Å²) in [4.78, 5) is 2.08. The number of nitrogens with zero attached hydrogens (tertiary/aromatic N) is 1. The van der Waals surface area contributed by atoms with Crippen molar-refractivity contribution in [1.82, 2.24) is 5.32 Å². The third-order valence-electron chi connectivity index (χ3n) is 3.61. The Balaban J connectivity index is 2.24. The Morgan fingerprint density at radius 2 is 2.17 bits per heavy atom. The topological polar surface area (TPSA) is 15.3 Å². The maximum atomic E-state index is 14.1. The summed E-state index contributed by atoms with van der Waals surface area (Å²) < 4.78 is 14.1. The molecule has 0 bridgehead atoms. The lowest BCUT2D eigenvalue weighted by Gasteiger charge is -2.26. The minimum atomic E-state index is -0.111. The summed E-state index contributed by atoms with van der Waals surface area (Å²) in [5.41, 5.74) is 1.82. The fourth-order valence-corrected chi connectivity index (χ4v) is 2.48. The highest BCUT2D eigenvalue weighted by molar-refractivity contribution is 5.55. The van der Waals surface area contributed by atoms with Crippen LogP contribution in [0.15, 0.2) is 18.2 Å². The molecule has 1 aliphatic rings. The molecule has 1 aromatic carbocycles. The van der Waals surface area contributed by atoms with Gasteiger partial charge < -0.3 is 10.2 Å². The first-order chi connectivity index (χ1) is 8.63. The Morgan fingerprint density at radius 1 is 1.44 bits per heavy atom. The van der Waals surface area contributed by atoms with E-state index in [1.165, 1.54) is 12.8 Å². The molecule has 100 valence electrons. The second-order valence-electron chi connectivity index (χ2n) is 5.28. The van der Waals surface area contributed by atoms with E-state index in [0.717, 1.165) is 30.3 Å². The van der Waals surface area contributed by atoms with Gasteiger partial charge >= 0.3 is 0 Å². The molecular formula is C15H23FN2. The highest BCUT2D eigenvalue weighted by atomic mass is 19.1. The van der Waals surface area contributed by atoms with Gasteiger partial charge in [0.2, 0.25) is 0 Å². The molecule has 0 spiro atoms. The Kier molecular flexibility index (Phi) is 4.23. The van der Waals surface area contributed by atoms with Gasteiger partial charge in [-0.3, -0.25) is 0 Å². The molecule has 0 radical (unpaired) electrons. The summed E-state index contributed by atoms with van der Waals surface area (Å²) in [5.74, 6) is 0.650. The SMILES string of the molecule is CCNC(C)c1cccc(F)c1N(C)CC1CC1. The number of benzene rings is 1. The first-order valence-electron chi connectivity index (χ1n) is 6.86. The van der Waals surface area contributed by atoms with Crippen LogP contribution in [0.3, 0.4) is 0 Å². The lowest BCUT2D eigenvalue weighted by atomic mass is 10.0. The van der Waals surface area contributed by atoms with Crippen molar-refractivity contribution in [3.63, 3.8) is 0 Å². The standard InChI is InChI=1S/C15H23FN2/c1-4-17-11(2)13-6-5-7-14(16)15(13)18(3)10-12-8-9-12/h5-7,11-12,17H,4,8-10H2,1-3H3.